The van der Waals surface area contributed by atoms with Crippen LogP contribution in [-0.2, 0) is 11.8 Å². The third-order valence-corrected chi connectivity index (χ3v) is 5.10. The summed E-state index contributed by atoms with van der Waals surface area (Å²) in [5.74, 6) is 0.178. The minimum atomic E-state index is -0.0810. The largest absolute Gasteiger partial charge is 0.353 e. The fourth-order valence-electron chi connectivity index (χ4n) is 3.49. The SMILES string of the molecule is Cc1nn(C)c(C)c1/C=C/C(=O)NCCC(c1ccccc1)c1ccccc1. The first kappa shape index (κ1) is 19.6. The molecular formula is C24H27N3O. The Morgan fingerprint density at radius 3 is 2.11 bits per heavy atom. The third-order valence-electron chi connectivity index (χ3n) is 5.10. The average Bonchev–Trinajstić information content (AvgIpc) is 2.96. The fraction of sp³-hybridized carbons (Fsp3) is 0.250. The van der Waals surface area contributed by atoms with Gasteiger partial charge in [-0.2, -0.15) is 5.10 Å². The molecule has 3 rings (SSSR count). The van der Waals surface area contributed by atoms with E-state index in [0.717, 1.165) is 23.4 Å². The number of amides is 1. The van der Waals surface area contributed by atoms with Gasteiger partial charge in [0, 0.05) is 36.8 Å². The van der Waals surface area contributed by atoms with Gasteiger partial charge < -0.3 is 5.32 Å². The maximum absolute atomic E-state index is 12.3. The first-order valence-corrected chi connectivity index (χ1v) is 9.62. The van der Waals surface area contributed by atoms with Crippen molar-refractivity contribution >= 4 is 12.0 Å². The lowest BCUT2D eigenvalue weighted by molar-refractivity contribution is -0.116. The van der Waals surface area contributed by atoms with Crippen LogP contribution in [0.4, 0.5) is 0 Å². The van der Waals surface area contributed by atoms with Crippen LogP contribution in [0.1, 0.15) is 40.4 Å². The van der Waals surface area contributed by atoms with Crippen molar-refractivity contribution in [1.82, 2.24) is 15.1 Å². The lowest BCUT2D eigenvalue weighted by atomic mass is 9.88. The van der Waals surface area contributed by atoms with Gasteiger partial charge in [-0.05, 0) is 37.5 Å². The molecule has 0 aliphatic carbocycles. The Kier molecular flexibility index (Phi) is 6.43. The van der Waals surface area contributed by atoms with E-state index >= 15 is 0 Å². The number of aryl methyl sites for hydroxylation is 2. The summed E-state index contributed by atoms with van der Waals surface area (Å²) in [6.07, 6.45) is 4.29. The molecule has 2 aromatic carbocycles. The van der Waals surface area contributed by atoms with Gasteiger partial charge in [-0.3, -0.25) is 9.48 Å². The normalized spacial score (nSPS) is 11.3. The summed E-state index contributed by atoms with van der Waals surface area (Å²) in [6, 6.07) is 20.9. The van der Waals surface area contributed by atoms with Crippen LogP contribution in [0.5, 0.6) is 0 Å². The minimum absolute atomic E-state index is 0.0810. The molecule has 0 aliphatic heterocycles. The van der Waals surface area contributed by atoms with E-state index in [1.165, 1.54) is 11.1 Å². The van der Waals surface area contributed by atoms with Crippen LogP contribution in [-0.4, -0.2) is 22.2 Å². The molecule has 0 saturated heterocycles. The van der Waals surface area contributed by atoms with Gasteiger partial charge >= 0.3 is 0 Å². The van der Waals surface area contributed by atoms with Crippen LogP contribution < -0.4 is 5.32 Å². The van der Waals surface area contributed by atoms with E-state index in [2.05, 4.69) is 58.9 Å². The number of nitrogens with one attached hydrogen (secondary N) is 1. The van der Waals surface area contributed by atoms with Crippen molar-refractivity contribution in [2.75, 3.05) is 6.54 Å². The summed E-state index contributed by atoms with van der Waals surface area (Å²) in [5, 5.41) is 7.39. The molecule has 1 N–H and O–H groups in total. The van der Waals surface area contributed by atoms with Gasteiger partial charge in [0.2, 0.25) is 5.91 Å². The van der Waals surface area contributed by atoms with Gasteiger partial charge in [-0.25, -0.2) is 0 Å². The van der Waals surface area contributed by atoms with E-state index in [4.69, 9.17) is 0 Å². The molecule has 0 radical (unpaired) electrons. The summed E-state index contributed by atoms with van der Waals surface area (Å²) < 4.78 is 1.83. The number of benzene rings is 2. The zero-order valence-electron chi connectivity index (χ0n) is 16.7. The maximum Gasteiger partial charge on any atom is 0.244 e. The molecule has 0 saturated carbocycles. The first-order valence-electron chi connectivity index (χ1n) is 9.62. The van der Waals surface area contributed by atoms with Crippen LogP contribution in [0.15, 0.2) is 66.7 Å². The Morgan fingerprint density at radius 1 is 1.04 bits per heavy atom. The van der Waals surface area contributed by atoms with Crippen LogP contribution in [0.2, 0.25) is 0 Å². The standard InChI is InChI=1S/C24H27N3O/c1-18-22(19(2)27(3)26-18)14-15-24(28)25-17-16-23(20-10-6-4-7-11-20)21-12-8-5-9-13-21/h4-15,23H,16-17H2,1-3H3,(H,25,28)/b15-14+. The average molecular weight is 374 g/mol. The molecule has 3 aromatic rings. The fourth-order valence-corrected chi connectivity index (χ4v) is 3.49. The number of hydrogen-bond acceptors (Lipinski definition) is 2. The summed E-state index contributed by atoms with van der Waals surface area (Å²) >= 11 is 0. The summed E-state index contributed by atoms with van der Waals surface area (Å²) in [5.41, 5.74) is 5.51. The number of aromatic nitrogens is 2. The number of rotatable bonds is 7. The highest BCUT2D eigenvalue weighted by atomic mass is 16.1. The Morgan fingerprint density at radius 2 is 1.61 bits per heavy atom. The molecule has 0 atom stereocenters. The molecule has 0 bridgehead atoms. The Hall–Kier alpha value is -3.14. The van der Waals surface area contributed by atoms with Gasteiger partial charge in [0.15, 0.2) is 0 Å². The molecular weight excluding hydrogens is 346 g/mol. The second-order valence-electron chi connectivity index (χ2n) is 7.00. The zero-order valence-corrected chi connectivity index (χ0v) is 16.7. The molecule has 0 unspecified atom stereocenters. The predicted molar refractivity (Wildman–Crippen MR) is 114 cm³/mol. The van der Waals surface area contributed by atoms with Crippen molar-refractivity contribution in [2.24, 2.45) is 7.05 Å². The number of nitrogens with zero attached hydrogens (tertiary/aromatic N) is 2. The second kappa shape index (κ2) is 9.18. The monoisotopic (exact) mass is 373 g/mol. The summed E-state index contributed by atoms with van der Waals surface area (Å²) in [6.45, 7) is 4.57. The molecule has 0 spiro atoms. The lowest BCUT2D eigenvalue weighted by Gasteiger charge is -2.18. The number of carbonyl (C=O) groups excluding carboxylic acids is 1. The minimum Gasteiger partial charge on any atom is -0.353 e. The second-order valence-corrected chi connectivity index (χ2v) is 7.00. The van der Waals surface area contributed by atoms with E-state index in [1.807, 2.05) is 43.8 Å². The molecule has 1 heterocycles. The van der Waals surface area contributed by atoms with Crippen molar-refractivity contribution in [3.63, 3.8) is 0 Å². The first-order chi connectivity index (χ1) is 13.6. The highest BCUT2D eigenvalue weighted by Gasteiger charge is 2.14. The zero-order chi connectivity index (χ0) is 19.9. The maximum atomic E-state index is 12.3. The van der Waals surface area contributed by atoms with E-state index in [-0.39, 0.29) is 11.8 Å². The van der Waals surface area contributed by atoms with E-state index in [0.29, 0.717) is 6.54 Å². The van der Waals surface area contributed by atoms with Gasteiger partial charge in [-0.1, -0.05) is 60.7 Å². The molecule has 0 fully saturated rings. The molecule has 4 heteroatoms. The van der Waals surface area contributed by atoms with Gasteiger partial charge in [0.05, 0.1) is 5.69 Å². The molecule has 0 aliphatic rings. The van der Waals surface area contributed by atoms with Crippen LogP contribution in [0, 0.1) is 13.8 Å². The van der Waals surface area contributed by atoms with Crippen molar-refractivity contribution in [3.8, 4) is 0 Å². The van der Waals surface area contributed by atoms with Crippen molar-refractivity contribution in [3.05, 3.63) is 94.8 Å². The molecule has 144 valence electrons. The topological polar surface area (TPSA) is 46.9 Å². The van der Waals surface area contributed by atoms with Gasteiger partial charge in [0.1, 0.15) is 0 Å². The number of hydrogen-bond donors (Lipinski definition) is 1. The number of carbonyl (C=O) groups is 1. The predicted octanol–water partition coefficient (Wildman–Crippen LogP) is 4.39. The molecule has 4 nitrogen and oxygen atoms in total. The van der Waals surface area contributed by atoms with Crippen molar-refractivity contribution < 1.29 is 4.79 Å². The summed E-state index contributed by atoms with van der Waals surface area (Å²) in [7, 11) is 1.91. The van der Waals surface area contributed by atoms with Crippen molar-refractivity contribution in [1.29, 1.82) is 0 Å². The van der Waals surface area contributed by atoms with Crippen LogP contribution in [0.3, 0.4) is 0 Å². The Bertz CT molecular complexity index is 903. The third kappa shape index (κ3) is 4.77. The van der Waals surface area contributed by atoms with Crippen LogP contribution in [0.25, 0.3) is 6.08 Å². The van der Waals surface area contributed by atoms with Crippen molar-refractivity contribution in [2.45, 2.75) is 26.2 Å². The van der Waals surface area contributed by atoms with Crippen LogP contribution >= 0.6 is 0 Å². The highest BCUT2D eigenvalue weighted by molar-refractivity contribution is 5.91. The summed E-state index contributed by atoms with van der Waals surface area (Å²) in [4.78, 5) is 12.3. The van der Waals surface area contributed by atoms with E-state index < -0.39 is 0 Å². The quantitative estimate of drug-likeness (QED) is 0.625. The van der Waals surface area contributed by atoms with E-state index in [9.17, 15) is 4.79 Å². The Labute approximate surface area is 166 Å². The Balaban J connectivity index is 1.63. The molecule has 1 amide bonds. The molecule has 28 heavy (non-hydrogen) atoms. The van der Waals surface area contributed by atoms with Gasteiger partial charge in [0.25, 0.3) is 0 Å². The van der Waals surface area contributed by atoms with E-state index in [1.54, 1.807) is 6.08 Å². The molecule has 1 aromatic heterocycles. The van der Waals surface area contributed by atoms with Gasteiger partial charge in [-0.15, -0.1) is 0 Å². The highest BCUT2D eigenvalue weighted by Crippen LogP contribution is 2.27. The smallest absolute Gasteiger partial charge is 0.244 e. The lowest BCUT2D eigenvalue weighted by Crippen LogP contribution is -2.23.